The molecule has 0 unspecified atom stereocenters. The van der Waals surface area contributed by atoms with Gasteiger partial charge in [0.1, 0.15) is 6.10 Å². The van der Waals surface area contributed by atoms with Crippen LogP contribution in [0.5, 0.6) is 11.8 Å². The lowest BCUT2D eigenvalue weighted by atomic mass is 10.1. The number of hydrogen-bond donors (Lipinski definition) is 1. The first-order valence-electron chi connectivity index (χ1n) is 5.44. The van der Waals surface area contributed by atoms with E-state index in [0.29, 0.717) is 23.1 Å². The van der Waals surface area contributed by atoms with Crippen molar-refractivity contribution in [3.8, 4) is 11.8 Å². The topological polar surface area (TPSA) is 64.5 Å². The average molecular weight is 246 g/mol. The van der Waals surface area contributed by atoms with Gasteiger partial charge in [0.15, 0.2) is 0 Å². The van der Waals surface area contributed by atoms with Gasteiger partial charge < -0.3 is 14.6 Å². The maximum absolute atomic E-state index is 10.2. The van der Waals surface area contributed by atoms with Crippen molar-refractivity contribution in [3.63, 3.8) is 0 Å². The number of pyridine rings is 2. The molecule has 2 rings (SSSR count). The fourth-order valence-corrected chi connectivity index (χ4v) is 1.55. The summed E-state index contributed by atoms with van der Waals surface area (Å²) in [4.78, 5) is 8.34. The third-order valence-electron chi connectivity index (χ3n) is 2.47. The fourth-order valence-electron chi connectivity index (χ4n) is 1.55. The zero-order chi connectivity index (χ0) is 13.0. The van der Waals surface area contributed by atoms with Crippen LogP contribution in [0, 0.1) is 0 Å². The Hall–Kier alpha value is -2.14. The molecule has 0 aliphatic heterocycles. The number of aliphatic hydroxyl groups is 1. The van der Waals surface area contributed by atoms with Gasteiger partial charge in [0.2, 0.25) is 11.8 Å². The zero-order valence-corrected chi connectivity index (χ0v) is 10.2. The highest BCUT2D eigenvalue weighted by molar-refractivity contribution is 5.25. The molecule has 1 N–H and O–H groups in total. The molecule has 0 aliphatic rings. The highest BCUT2D eigenvalue weighted by Crippen LogP contribution is 2.21. The Bertz CT molecular complexity index is 484. The first kappa shape index (κ1) is 12.3. The number of aromatic nitrogens is 2. The maximum atomic E-state index is 10.2. The summed E-state index contributed by atoms with van der Waals surface area (Å²) in [5.41, 5.74) is 0.963. The largest absolute Gasteiger partial charge is 0.481 e. The minimum Gasteiger partial charge on any atom is -0.481 e. The van der Waals surface area contributed by atoms with E-state index in [1.807, 2.05) is 0 Å². The first-order chi connectivity index (χ1) is 8.74. The number of rotatable bonds is 4. The van der Waals surface area contributed by atoms with Crippen molar-refractivity contribution < 1.29 is 14.6 Å². The van der Waals surface area contributed by atoms with Crippen LogP contribution in [0.2, 0.25) is 0 Å². The van der Waals surface area contributed by atoms with Gasteiger partial charge in [-0.05, 0) is 12.1 Å². The Morgan fingerprint density at radius 2 is 1.33 bits per heavy atom. The first-order valence-corrected chi connectivity index (χ1v) is 5.44. The lowest BCUT2D eigenvalue weighted by molar-refractivity contribution is 0.207. The van der Waals surface area contributed by atoms with Gasteiger partial charge >= 0.3 is 0 Å². The summed E-state index contributed by atoms with van der Waals surface area (Å²) in [6.45, 7) is 0. The van der Waals surface area contributed by atoms with E-state index in [-0.39, 0.29) is 0 Å². The summed E-state index contributed by atoms with van der Waals surface area (Å²) in [5, 5.41) is 10.2. The average Bonchev–Trinajstić information content (AvgIpc) is 2.46. The number of hydrogen-bond acceptors (Lipinski definition) is 5. The summed E-state index contributed by atoms with van der Waals surface area (Å²) in [6.07, 6.45) is -0.907. The van der Waals surface area contributed by atoms with Gasteiger partial charge in [-0.15, -0.1) is 0 Å². The molecule has 5 heteroatoms. The second kappa shape index (κ2) is 5.46. The molecule has 0 atom stereocenters. The molecule has 5 nitrogen and oxygen atoms in total. The molecule has 94 valence electrons. The summed E-state index contributed by atoms with van der Waals surface area (Å²) >= 11 is 0. The summed E-state index contributed by atoms with van der Waals surface area (Å²) in [6, 6.07) is 10.4. The Labute approximate surface area is 105 Å². The summed E-state index contributed by atoms with van der Waals surface area (Å²) in [7, 11) is 3.06. The van der Waals surface area contributed by atoms with Crippen molar-refractivity contribution in [2.45, 2.75) is 6.10 Å². The van der Waals surface area contributed by atoms with Crippen LogP contribution >= 0.6 is 0 Å². The number of methoxy groups -OCH3 is 2. The Morgan fingerprint density at radius 3 is 1.72 bits per heavy atom. The highest BCUT2D eigenvalue weighted by Gasteiger charge is 2.14. The molecule has 0 aromatic carbocycles. The molecule has 2 aromatic heterocycles. The van der Waals surface area contributed by atoms with Crippen LogP contribution < -0.4 is 9.47 Å². The smallest absolute Gasteiger partial charge is 0.213 e. The molecule has 0 spiro atoms. The third kappa shape index (κ3) is 2.57. The minimum absolute atomic E-state index is 0.453. The van der Waals surface area contributed by atoms with Crippen LogP contribution in [0.1, 0.15) is 17.5 Å². The summed E-state index contributed by atoms with van der Waals surface area (Å²) < 4.78 is 10.0. The number of ether oxygens (including phenoxy) is 2. The third-order valence-corrected chi connectivity index (χ3v) is 2.47. The minimum atomic E-state index is -0.907. The van der Waals surface area contributed by atoms with Crippen molar-refractivity contribution >= 4 is 0 Å². The van der Waals surface area contributed by atoms with Gasteiger partial charge in [-0.2, -0.15) is 0 Å². The van der Waals surface area contributed by atoms with E-state index in [1.54, 1.807) is 36.4 Å². The van der Waals surface area contributed by atoms with Crippen LogP contribution in [0.25, 0.3) is 0 Å². The quantitative estimate of drug-likeness (QED) is 0.887. The lowest BCUT2D eigenvalue weighted by Gasteiger charge is -2.11. The molecule has 0 bridgehead atoms. The van der Waals surface area contributed by atoms with E-state index >= 15 is 0 Å². The molecule has 0 amide bonds. The lowest BCUT2D eigenvalue weighted by Crippen LogP contribution is -2.05. The van der Waals surface area contributed by atoms with Crippen LogP contribution in [-0.4, -0.2) is 29.3 Å². The second-order valence-electron chi connectivity index (χ2n) is 3.61. The standard InChI is InChI=1S/C13H14N2O3/c1-17-11-7-3-5-9(14-11)13(16)10-6-4-8-12(15-10)18-2/h3-8,13,16H,1-2H3. The van der Waals surface area contributed by atoms with E-state index in [2.05, 4.69) is 9.97 Å². The molecule has 2 aromatic rings. The van der Waals surface area contributed by atoms with E-state index in [4.69, 9.17) is 9.47 Å². The molecule has 0 saturated heterocycles. The van der Waals surface area contributed by atoms with Crippen molar-refractivity contribution in [1.82, 2.24) is 9.97 Å². The number of aliphatic hydroxyl groups excluding tert-OH is 1. The van der Waals surface area contributed by atoms with Crippen molar-refractivity contribution in [2.75, 3.05) is 14.2 Å². The zero-order valence-electron chi connectivity index (χ0n) is 10.2. The van der Waals surface area contributed by atoms with Crippen molar-refractivity contribution in [2.24, 2.45) is 0 Å². The van der Waals surface area contributed by atoms with Crippen LogP contribution in [0.4, 0.5) is 0 Å². The Balaban J connectivity index is 2.31. The Morgan fingerprint density at radius 1 is 0.889 bits per heavy atom. The van der Waals surface area contributed by atoms with Crippen LogP contribution in [0.15, 0.2) is 36.4 Å². The highest BCUT2D eigenvalue weighted by atomic mass is 16.5. The number of nitrogens with zero attached hydrogens (tertiary/aromatic N) is 2. The SMILES string of the molecule is COc1cccc(C(O)c2cccc(OC)n2)n1. The van der Waals surface area contributed by atoms with Crippen molar-refractivity contribution in [1.29, 1.82) is 0 Å². The molecule has 2 heterocycles. The van der Waals surface area contributed by atoms with E-state index in [0.717, 1.165) is 0 Å². The molecule has 0 radical (unpaired) electrons. The fraction of sp³-hybridized carbons (Fsp3) is 0.231. The van der Waals surface area contributed by atoms with Gasteiger partial charge in [0.05, 0.1) is 25.6 Å². The van der Waals surface area contributed by atoms with E-state index < -0.39 is 6.10 Å². The maximum Gasteiger partial charge on any atom is 0.213 e. The van der Waals surface area contributed by atoms with Crippen LogP contribution in [-0.2, 0) is 0 Å². The van der Waals surface area contributed by atoms with Crippen molar-refractivity contribution in [3.05, 3.63) is 47.8 Å². The van der Waals surface area contributed by atoms with Gasteiger partial charge in [0.25, 0.3) is 0 Å². The molecule has 0 fully saturated rings. The van der Waals surface area contributed by atoms with Gasteiger partial charge in [0, 0.05) is 12.1 Å². The van der Waals surface area contributed by atoms with Gasteiger partial charge in [-0.3, -0.25) is 0 Å². The molecular weight excluding hydrogens is 232 g/mol. The van der Waals surface area contributed by atoms with Crippen LogP contribution in [0.3, 0.4) is 0 Å². The van der Waals surface area contributed by atoms with E-state index in [9.17, 15) is 5.11 Å². The second-order valence-corrected chi connectivity index (χ2v) is 3.61. The van der Waals surface area contributed by atoms with E-state index in [1.165, 1.54) is 14.2 Å². The van der Waals surface area contributed by atoms with Gasteiger partial charge in [-0.1, -0.05) is 12.1 Å². The monoisotopic (exact) mass is 246 g/mol. The van der Waals surface area contributed by atoms with Gasteiger partial charge in [-0.25, -0.2) is 9.97 Å². The molecule has 0 saturated carbocycles. The Kier molecular flexibility index (Phi) is 3.74. The molecular formula is C13H14N2O3. The predicted octanol–water partition coefficient (Wildman–Crippen LogP) is 1.58. The molecule has 0 aliphatic carbocycles. The summed E-state index contributed by atoms with van der Waals surface area (Å²) in [5.74, 6) is 0.906. The molecule has 18 heavy (non-hydrogen) atoms. The normalized spacial score (nSPS) is 10.4. The predicted molar refractivity (Wildman–Crippen MR) is 65.6 cm³/mol.